The second-order valence-electron chi connectivity index (χ2n) is 10.1. The molecule has 41 heavy (non-hydrogen) atoms. The maximum absolute atomic E-state index is 13.6. The molecule has 1 fully saturated rings. The zero-order chi connectivity index (χ0) is 28.5. The Kier molecular flexibility index (Phi) is 7.03. The third kappa shape index (κ3) is 5.07. The highest BCUT2D eigenvalue weighted by molar-refractivity contribution is 5.95. The van der Waals surface area contributed by atoms with E-state index in [4.69, 9.17) is 14.2 Å². The molecule has 210 valence electrons. The van der Waals surface area contributed by atoms with Crippen LogP contribution in [0.15, 0.2) is 48.7 Å². The Morgan fingerprint density at radius 1 is 1.24 bits per heavy atom. The predicted octanol–water partition coefficient (Wildman–Crippen LogP) is 2.04. The molecule has 1 N–H and O–H groups in total. The van der Waals surface area contributed by atoms with E-state index in [2.05, 4.69) is 21.7 Å². The number of carbonyl (C=O) groups excluding carboxylic acids is 2. The molecule has 4 aromatic rings. The summed E-state index contributed by atoms with van der Waals surface area (Å²) in [6.07, 6.45) is 1.32. The van der Waals surface area contributed by atoms with E-state index in [1.54, 1.807) is 41.1 Å². The van der Waals surface area contributed by atoms with Crippen LogP contribution in [0.1, 0.15) is 27.3 Å². The Hall–Kier alpha value is -4.89. The van der Waals surface area contributed by atoms with Gasteiger partial charge in [-0.2, -0.15) is 5.26 Å². The van der Waals surface area contributed by atoms with Gasteiger partial charge in [-0.1, -0.05) is 23.4 Å². The summed E-state index contributed by atoms with van der Waals surface area (Å²) in [5.41, 5.74) is 3.16. The number of aromatic nitrogens is 4. The molecular formula is C29H29N7O5. The summed E-state index contributed by atoms with van der Waals surface area (Å²) in [6, 6.07) is 14.4. The van der Waals surface area contributed by atoms with E-state index >= 15 is 0 Å². The van der Waals surface area contributed by atoms with Crippen LogP contribution in [-0.2, 0) is 29.2 Å². The number of carbonyl (C=O) groups is 2. The molecule has 0 spiro atoms. The molecule has 2 aromatic carbocycles. The monoisotopic (exact) mass is 555 g/mol. The van der Waals surface area contributed by atoms with Gasteiger partial charge in [0, 0.05) is 29.7 Å². The summed E-state index contributed by atoms with van der Waals surface area (Å²) < 4.78 is 21.0. The third-order valence-electron chi connectivity index (χ3n) is 7.61. The van der Waals surface area contributed by atoms with Crippen LogP contribution < -0.4 is 14.8 Å². The molecule has 0 saturated carbocycles. The number of benzene rings is 2. The molecule has 4 bridgehead atoms. The standard InChI is InChI=1S/C29H29N7O5/c1-18-22(12-30)21-5-3-4-6-24(21)36(18)16-28(37)34-14-23-27(15-34)41-17-20-13-35(33-32-20)9-10-40-26-11-19(29(38)31-23)7-8-25(26)39-2/h3-8,11,13,23,27H,9-10,14-17H2,1-2H3,(H,31,38)/t23-,27-/m0/s1. The van der Waals surface area contributed by atoms with E-state index in [0.29, 0.717) is 41.5 Å². The molecule has 0 radical (unpaired) electrons. The number of rotatable bonds is 3. The van der Waals surface area contributed by atoms with Gasteiger partial charge < -0.3 is 29.0 Å². The molecule has 0 unspecified atom stereocenters. The van der Waals surface area contributed by atoms with Crippen molar-refractivity contribution in [2.75, 3.05) is 26.8 Å². The fourth-order valence-corrected chi connectivity index (χ4v) is 5.43. The smallest absolute Gasteiger partial charge is 0.251 e. The largest absolute Gasteiger partial charge is 0.493 e. The van der Waals surface area contributed by atoms with Crippen LogP contribution in [0.5, 0.6) is 11.5 Å². The topological polar surface area (TPSA) is 137 Å². The minimum absolute atomic E-state index is 0.0644. The first-order chi connectivity index (χ1) is 19.9. The first-order valence-corrected chi connectivity index (χ1v) is 13.3. The Balaban J connectivity index is 1.26. The lowest BCUT2D eigenvalue weighted by Gasteiger charge is -2.20. The number of nitrogens with zero attached hydrogens (tertiary/aromatic N) is 6. The van der Waals surface area contributed by atoms with Gasteiger partial charge in [-0.05, 0) is 31.2 Å². The normalized spacial score (nSPS) is 19.0. The minimum Gasteiger partial charge on any atom is -0.493 e. The molecule has 2 aliphatic heterocycles. The zero-order valence-corrected chi connectivity index (χ0v) is 22.7. The van der Waals surface area contributed by atoms with Gasteiger partial charge in [0.2, 0.25) is 5.91 Å². The van der Waals surface area contributed by atoms with Crippen molar-refractivity contribution in [1.82, 2.24) is 29.8 Å². The molecule has 12 heteroatoms. The number of hydrogen-bond acceptors (Lipinski definition) is 8. The van der Waals surface area contributed by atoms with Gasteiger partial charge in [-0.3, -0.25) is 9.59 Å². The van der Waals surface area contributed by atoms with Crippen molar-refractivity contribution < 1.29 is 23.8 Å². The van der Waals surface area contributed by atoms with Crippen molar-refractivity contribution in [3.8, 4) is 17.6 Å². The molecular weight excluding hydrogens is 526 g/mol. The van der Waals surface area contributed by atoms with Crippen LogP contribution in [0, 0.1) is 18.3 Å². The van der Waals surface area contributed by atoms with Crippen molar-refractivity contribution in [3.05, 3.63) is 71.2 Å². The van der Waals surface area contributed by atoms with Gasteiger partial charge in [0.1, 0.15) is 24.9 Å². The van der Waals surface area contributed by atoms with Crippen LogP contribution in [0.2, 0.25) is 0 Å². The highest BCUT2D eigenvalue weighted by Gasteiger charge is 2.37. The summed E-state index contributed by atoms with van der Waals surface area (Å²) in [4.78, 5) is 28.6. The van der Waals surface area contributed by atoms with Crippen molar-refractivity contribution >= 4 is 22.7 Å². The number of likely N-dealkylation sites (tertiary alicyclic amines) is 1. The van der Waals surface area contributed by atoms with E-state index in [0.717, 1.165) is 16.6 Å². The van der Waals surface area contributed by atoms with Gasteiger partial charge in [0.15, 0.2) is 11.5 Å². The predicted molar refractivity (Wildman–Crippen MR) is 146 cm³/mol. The van der Waals surface area contributed by atoms with Crippen molar-refractivity contribution in [2.45, 2.75) is 38.8 Å². The molecule has 6 rings (SSSR count). The van der Waals surface area contributed by atoms with E-state index in [1.807, 2.05) is 35.8 Å². The molecule has 2 atom stereocenters. The Morgan fingerprint density at radius 2 is 2.10 bits per heavy atom. The number of methoxy groups -OCH3 is 1. The van der Waals surface area contributed by atoms with E-state index < -0.39 is 12.1 Å². The number of para-hydroxylation sites is 1. The quantitative estimate of drug-likeness (QED) is 0.406. The second kappa shape index (κ2) is 10.9. The van der Waals surface area contributed by atoms with E-state index in [9.17, 15) is 14.9 Å². The minimum atomic E-state index is -0.468. The molecule has 2 aromatic heterocycles. The van der Waals surface area contributed by atoms with Crippen molar-refractivity contribution in [3.63, 3.8) is 0 Å². The number of nitriles is 1. The summed E-state index contributed by atoms with van der Waals surface area (Å²) in [6.45, 7) is 3.40. The van der Waals surface area contributed by atoms with Gasteiger partial charge in [0.25, 0.3) is 5.91 Å². The van der Waals surface area contributed by atoms with E-state index in [-0.39, 0.29) is 38.1 Å². The number of ether oxygens (including phenoxy) is 3. The lowest BCUT2D eigenvalue weighted by molar-refractivity contribution is -0.131. The highest BCUT2D eigenvalue weighted by Crippen LogP contribution is 2.29. The van der Waals surface area contributed by atoms with Crippen LogP contribution in [-0.4, -0.2) is 75.2 Å². The van der Waals surface area contributed by atoms with Gasteiger partial charge in [0.05, 0.1) is 49.7 Å². The molecule has 12 nitrogen and oxygen atoms in total. The SMILES string of the molecule is COc1ccc2cc1OCCn1cc(nn1)CO[C@H]1CN(C(=O)Cn3c(C)c(C#N)c4ccccc43)C[C@@H]1NC2=O. The van der Waals surface area contributed by atoms with Crippen LogP contribution in [0.4, 0.5) is 0 Å². The molecule has 2 aliphatic rings. The Bertz CT molecular complexity index is 1670. The Morgan fingerprint density at radius 3 is 2.93 bits per heavy atom. The number of hydrogen-bond donors (Lipinski definition) is 1. The fourth-order valence-electron chi connectivity index (χ4n) is 5.43. The average Bonchev–Trinajstić information content (AvgIpc) is 3.67. The third-order valence-corrected chi connectivity index (χ3v) is 7.61. The number of amides is 2. The number of fused-ring (bicyclic) bond motifs is 6. The first kappa shape index (κ1) is 26.3. The second-order valence-corrected chi connectivity index (χ2v) is 10.1. The first-order valence-electron chi connectivity index (χ1n) is 13.3. The summed E-state index contributed by atoms with van der Waals surface area (Å²) in [5, 5.41) is 21.9. The van der Waals surface area contributed by atoms with Crippen LogP contribution >= 0.6 is 0 Å². The van der Waals surface area contributed by atoms with Gasteiger partial charge in [-0.15, -0.1) is 5.10 Å². The van der Waals surface area contributed by atoms with Gasteiger partial charge >= 0.3 is 0 Å². The molecule has 1 saturated heterocycles. The maximum atomic E-state index is 13.6. The van der Waals surface area contributed by atoms with Crippen LogP contribution in [0.25, 0.3) is 10.9 Å². The lowest BCUT2D eigenvalue weighted by atomic mass is 10.1. The van der Waals surface area contributed by atoms with Gasteiger partial charge in [-0.25, -0.2) is 4.68 Å². The lowest BCUT2D eigenvalue weighted by Crippen LogP contribution is -2.44. The van der Waals surface area contributed by atoms with Crippen LogP contribution in [0.3, 0.4) is 0 Å². The Labute approximate surface area is 236 Å². The summed E-state index contributed by atoms with van der Waals surface area (Å²) >= 11 is 0. The molecule has 0 aliphatic carbocycles. The zero-order valence-electron chi connectivity index (χ0n) is 22.7. The molecule has 4 heterocycles. The van der Waals surface area contributed by atoms with Crippen molar-refractivity contribution in [1.29, 1.82) is 5.26 Å². The molecule has 2 amide bonds. The van der Waals surface area contributed by atoms with Crippen molar-refractivity contribution in [2.24, 2.45) is 0 Å². The average molecular weight is 556 g/mol. The highest BCUT2D eigenvalue weighted by atomic mass is 16.5. The summed E-state index contributed by atoms with van der Waals surface area (Å²) in [7, 11) is 1.54. The maximum Gasteiger partial charge on any atom is 0.251 e. The number of nitrogens with one attached hydrogen (secondary N) is 1. The van der Waals surface area contributed by atoms with E-state index in [1.165, 1.54) is 0 Å². The summed E-state index contributed by atoms with van der Waals surface area (Å²) in [5.74, 6) is 0.508. The fraction of sp³-hybridized carbons (Fsp3) is 0.345.